The van der Waals surface area contributed by atoms with E-state index in [4.69, 9.17) is 0 Å². The smallest absolute Gasteiger partial charge is 0.150 e. The molecule has 3 rings (SSSR count). The highest BCUT2D eigenvalue weighted by Crippen LogP contribution is 2.37. The van der Waals surface area contributed by atoms with Crippen LogP contribution in [0.5, 0.6) is 0 Å². The van der Waals surface area contributed by atoms with Gasteiger partial charge in [0.15, 0.2) is 9.84 Å². The van der Waals surface area contributed by atoms with Gasteiger partial charge < -0.3 is 5.32 Å². The lowest BCUT2D eigenvalue weighted by atomic mass is 9.79. The van der Waals surface area contributed by atoms with Crippen LogP contribution in [0.2, 0.25) is 0 Å². The first-order chi connectivity index (χ1) is 10.1. The van der Waals surface area contributed by atoms with E-state index >= 15 is 0 Å². The molecule has 1 saturated heterocycles. The molecule has 4 heteroatoms. The molecule has 2 unspecified atom stereocenters. The molecule has 1 aromatic carbocycles. The summed E-state index contributed by atoms with van der Waals surface area (Å²) in [6.45, 7) is 2.95. The summed E-state index contributed by atoms with van der Waals surface area (Å²) in [4.78, 5) is 0. The normalized spacial score (nSPS) is 26.4. The molecule has 2 aliphatic rings. The van der Waals surface area contributed by atoms with Crippen LogP contribution in [0.25, 0.3) is 0 Å². The molecule has 21 heavy (non-hydrogen) atoms. The van der Waals surface area contributed by atoms with Gasteiger partial charge in [0, 0.05) is 6.04 Å². The minimum absolute atomic E-state index is 0.169. The van der Waals surface area contributed by atoms with E-state index in [0.29, 0.717) is 11.5 Å². The van der Waals surface area contributed by atoms with Gasteiger partial charge in [0.05, 0.1) is 11.5 Å². The zero-order chi connectivity index (χ0) is 14.9. The van der Waals surface area contributed by atoms with Crippen molar-refractivity contribution >= 4 is 9.84 Å². The molecule has 1 heterocycles. The summed E-state index contributed by atoms with van der Waals surface area (Å²) in [7, 11) is -2.82. The summed E-state index contributed by atoms with van der Waals surface area (Å²) in [6.07, 6.45) is 4.77. The Bertz CT molecular complexity index is 575. The van der Waals surface area contributed by atoms with Crippen LogP contribution < -0.4 is 5.32 Å². The summed E-state index contributed by atoms with van der Waals surface area (Å²) in [5.74, 6) is 1.64. The summed E-state index contributed by atoms with van der Waals surface area (Å²) < 4.78 is 23.5. The summed E-state index contributed by atoms with van der Waals surface area (Å²) in [6, 6.07) is 9.06. The molecule has 0 amide bonds. The number of benzene rings is 1. The van der Waals surface area contributed by atoms with Crippen LogP contribution in [0.1, 0.15) is 55.7 Å². The van der Waals surface area contributed by atoms with E-state index in [9.17, 15) is 8.42 Å². The van der Waals surface area contributed by atoms with E-state index in [1.807, 2.05) is 0 Å². The van der Waals surface area contributed by atoms with E-state index in [2.05, 4.69) is 36.5 Å². The minimum Gasteiger partial charge on any atom is -0.310 e. The molecule has 1 aliphatic heterocycles. The van der Waals surface area contributed by atoms with Crippen molar-refractivity contribution in [2.75, 3.05) is 18.1 Å². The highest BCUT2D eigenvalue weighted by Gasteiger charge is 2.34. The topological polar surface area (TPSA) is 46.2 Å². The first-order valence-electron chi connectivity index (χ1n) is 8.13. The van der Waals surface area contributed by atoms with Gasteiger partial charge in [-0.25, -0.2) is 8.42 Å². The second-order valence-electron chi connectivity index (χ2n) is 6.49. The van der Waals surface area contributed by atoms with Gasteiger partial charge in [0.1, 0.15) is 0 Å². The summed E-state index contributed by atoms with van der Waals surface area (Å²) in [5, 5.41) is 3.49. The summed E-state index contributed by atoms with van der Waals surface area (Å²) >= 11 is 0. The average molecular weight is 307 g/mol. The molecule has 1 aliphatic carbocycles. The molecule has 1 saturated carbocycles. The Balaban J connectivity index is 1.77. The van der Waals surface area contributed by atoms with E-state index in [1.54, 1.807) is 0 Å². The van der Waals surface area contributed by atoms with Crippen molar-refractivity contribution < 1.29 is 8.42 Å². The van der Waals surface area contributed by atoms with Gasteiger partial charge in [-0.05, 0) is 48.8 Å². The molecular formula is C17H25NO2S. The van der Waals surface area contributed by atoms with Gasteiger partial charge in [-0.3, -0.25) is 0 Å². The van der Waals surface area contributed by atoms with Gasteiger partial charge in [-0.1, -0.05) is 37.6 Å². The average Bonchev–Trinajstić information content (AvgIpc) is 2.75. The third-order valence-electron chi connectivity index (χ3n) is 5.04. The lowest BCUT2D eigenvalue weighted by Gasteiger charge is -2.27. The Kier molecular flexibility index (Phi) is 4.36. The highest BCUT2D eigenvalue weighted by molar-refractivity contribution is 7.91. The third-order valence-corrected chi connectivity index (χ3v) is 6.83. The fourth-order valence-electron chi connectivity index (χ4n) is 3.58. The van der Waals surface area contributed by atoms with Crippen molar-refractivity contribution in [2.45, 2.75) is 44.6 Å². The van der Waals surface area contributed by atoms with E-state index in [0.717, 1.165) is 18.9 Å². The van der Waals surface area contributed by atoms with Crippen molar-refractivity contribution in [2.24, 2.45) is 5.92 Å². The number of hydrogen-bond donors (Lipinski definition) is 1. The lowest BCUT2D eigenvalue weighted by Crippen LogP contribution is -2.29. The first kappa shape index (κ1) is 15.0. The number of rotatable bonds is 5. The Hall–Kier alpha value is -0.870. The number of sulfone groups is 1. The van der Waals surface area contributed by atoms with Crippen molar-refractivity contribution in [1.29, 1.82) is 0 Å². The zero-order valence-electron chi connectivity index (χ0n) is 12.7. The van der Waals surface area contributed by atoms with Gasteiger partial charge in [-0.2, -0.15) is 0 Å². The van der Waals surface area contributed by atoms with Crippen LogP contribution in [-0.2, 0) is 9.84 Å². The predicted octanol–water partition coefficient (Wildman–Crippen LogP) is 3.04. The van der Waals surface area contributed by atoms with Crippen molar-refractivity contribution in [3.63, 3.8) is 0 Å². The monoisotopic (exact) mass is 307 g/mol. The minimum atomic E-state index is -2.82. The number of hydrogen-bond acceptors (Lipinski definition) is 3. The van der Waals surface area contributed by atoms with Gasteiger partial charge in [0.25, 0.3) is 0 Å². The lowest BCUT2D eigenvalue weighted by molar-refractivity contribution is 0.399. The van der Waals surface area contributed by atoms with Crippen LogP contribution in [0.4, 0.5) is 0 Å². The molecule has 0 spiro atoms. The Labute approximate surface area is 128 Å². The van der Waals surface area contributed by atoms with Crippen molar-refractivity contribution in [3.05, 3.63) is 35.4 Å². The van der Waals surface area contributed by atoms with Crippen LogP contribution >= 0.6 is 0 Å². The molecule has 116 valence electrons. The van der Waals surface area contributed by atoms with Gasteiger partial charge >= 0.3 is 0 Å². The standard InChI is InChI=1S/C17H25NO2S/c1-2-18-17(16-10-11-21(19,20)12-16)15-8-6-14(7-9-15)13-4-3-5-13/h6-9,13,16-18H,2-5,10-12H2,1H3. The second-order valence-corrected chi connectivity index (χ2v) is 8.72. The first-order valence-corrected chi connectivity index (χ1v) is 9.95. The molecule has 3 nitrogen and oxygen atoms in total. The molecule has 1 N–H and O–H groups in total. The maximum absolute atomic E-state index is 11.7. The third kappa shape index (κ3) is 3.32. The maximum Gasteiger partial charge on any atom is 0.150 e. The number of nitrogens with one attached hydrogen (secondary N) is 1. The second kappa shape index (κ2) is 6.09. The quantitative estimate of drug-likeness (QED) is 0.909. The summed E-state index contributed by atoms with van der Waals surface area (Å²) in [5.41, 5.74) is 2.68. The Morgan fingerprint density at radius 1 is 1.19 bits per heavy atom. The van der Waals surface area contributed by atoms with E-state index in [1.165, 1.54) is 30.4 Å². The molecule has 0 radical (unpaired) electrons. The predicted molar refractivity (Wildman–Crippen MR) is 86.2 cm³/mol. The van der Waals surface area contributed by atoms with Crippen molar-refractivity contribution in [3.8, 4) is 0 Å². The van der Waals surface area contributed by atoms with Crippen LogP contribution in [0, 0.1) is 5.92 Å². The maximum atomic E-state index is 11.7. The Morgan fingerprint density at radius 2 is 1.90 bits per heavy atom. The molecule has 2 atom stereocenters. The van der Waals surface area contributed by atoms with E-state index < -0.39 is 9.84 Å². The highest BCUT2D eigenvalue weighted by atomic mass is 32.2. The van der Waals surface area contributed by atoms with Crippen molar-refractivity contribution in [1.82, 2.24) is 5.32 Å². The SMILES string of the molecule is CCNC(c1ccc(C2CCC2)cc1)C1CCS(=O)(=O)C1. The molecule has 1 aromatic rings. The zero-order valence-corrected chi connectivity index (χ0v) is 13.5. The van der Waals surface area contributed by atoms with Crippen LogP contribution in [-0.4, -0.2) is 26.5 Å². The Morgan fingerprint density at radius 3 is 2.38 bits per heavy atom. The molecular weight excluding hydrogens is 282 g/mol. The molecule has 0 bridgehead atoms. The molecule has 0 aromatic heterocycles. The fraction of sp³-hybridized carbons (Fsp3) is 0.647. The largest absolute Gasteiger partial charge is 0.310 e. The van der Waals surface area contributed by atoms with Gasteiger partial charge in [0.2, 0.25) is 0 Å². The van der Waals surface area contributed by atoms with E-state index in [-0.39, 0.29) is 12.0 Å². The van der Waals surface area contributed by atoms with Crippen LogP contribution in [0.3, 0.4) is 0 Å². The molecule has 2 fully saturated rings. The van der Waals surface area contributed by atoms with Gasteiger partial charge in [-0.15, -0.1) is 0 Å². The fourth-order valence-corrected chi connectivity index (χ4v) is 5.42. The van der Waals surface area contributed by atoms with Crippen LogP contribution in [0.15, 0.2) is 24.3 Å².